The molecule has 2 rings (SSSR count). The Labute approximate surface area is 158 Å². The Balaban J connectivity index is 2.48. The Morgan fingerprint density at radius 3 is 2.30 bits per heavy atom. The summed E-state index contributed by atoms with van der Waals surface area (Å²) < 4.78 is 55.6. The fourth-order valence-corrected chi connectivity index (χ4v) is 4.40. The van der Waals surface area contributed by atoms with Crippen LogP contribution in [0.3, 0.4) is 0 Å². The number of nitrogens with two attached hydrogens (primary N) is 1. The number of anilines is 1. The van der Waals surface area contributed by atoms with Crippen molar-refractivity contribution in [1.82, 2.24) is 4.90 Å². The summed E-state index contributed by atoms with van der Waals surface area (Å²) in [6.45, 7) is 1.39. The molecule has 0 aliphatic carbocycles. The molecule has 1 saturated heterocycles. The Morgan fingerprint density at radius 2 is 1.81 bits per heavy atom. The van der Waals surface area contributed by atoms with Crippen LogP contribution in [-0.4, -0.2) is 63.4 Å². The fraction of sp³-hybridized carbons (Fsp3) is 0.467. The highest BCUT2D eigenvalue weighted by Gasteiger charge is 2.27. The van der Waals surface area contributed by atoms with Crippen LogP contribution in [0, 0.1) is 5.41 Å². The highest BCUT2D eigenvalue weighted by molar-refractivity contribution is 7.90. The minimum absolute atomic E-state index is 0.0643. The molecule has 1 amide bonds. The van der Waals surface area contributed by atoms with E-state index in [1.807, 2.05) is 4.90 Å². The van der Waals surface area contributed by atoms with Gasteiger partial charge in [-0.05, 0) is 37.5 Å². The lowest BCUT2D eigenvalue weighted by Crippen LogP contribution is -2.44. The van der Waals surface area contributed by atoms with Crippen LogP contribution in [0.4, 0.5) is 5.69 Å². The Hall–Kier alpha value is -2.18. The maximum Gasteiger partial charge on any atom is 0.283 e. The molecule has 0 aromatic heterocycles. The van der Waals surface area contributed by atoms with Gasteiger partial charge < -0.3 is 10.6 Å². The summed E-state index contributed by atoms with van der Waals surface area (Å²) in [5.41, 5.74) is 5.55. The molecule has 1 aliphatic heterocycles. The number of guanidine groups is 1. The van der Waals surface area contributed by atoms with Gasteiger partial charge in [-0.1, -0.05) is 0 Å². The minimum atomic E-state index is -4.63. The van der Waals surface area contributed by atoms with E-state index in [0.29, 0.717) is 23.7 Å². The molecule has 1 aromatic carbocycles. The van der Waals surface area contributed by atoms with E-state index < -0.39 is 37.7 Å². The summed E-state index contributed by atoms with van der Waals surface area (Å²) in [5, 5.41) is 7.37. The van der Waals surface area contributed by atoms with E-state index in [9.17, 15) is 21.6 Å². The molecular formula is C15H22N4O6S2. The molecule has 1 fully saturated rings. The number of hydrogen-bond donors (Lipinski definition) is 3. The topological polar surface area (TPSA) is 162 Å². The third kappa shape index (κ3) is 5.40. The number of carbonyl (C=O) groups is 1. The summed E-state index contributed by atoms with van der Waals surface area (Å²) in [6, 6.07) is 3.98. The van der Waals surface area contributed by atoms with E-state index in [0.717, 1.165) is 31.6 Å². The molecule has 12 heteroatoms. The van der Waals surface area contributed by atoms with Crippen molar-refractivity contribution in [3.63, 3.8) is 0 Å². The predicted molar refractivity (Wildman–Crippen MR) is 100 cm³/mol. The van der Waals surface area contributed by atoms with Gasteiger partial charge in [0.05, 0.1) is 10.6 Å². The Kier molecular flexibility index (Phi) is 6.12. The standard InChI is InChI=1S/C15H22N4O6S2/c1-26(21,22)13-9-11(5-6-12(13)18-7-3-2-4-8-18)14(20)19(15(16)17)10-27(23,24)25/h5-6,9H,2-4,7-8,10H2,1H3,(H3,16,17)(H,23,24,25). The summed E-state index contributed by atoms with van der Waals surface area (Å²) in [7, 11) is -8.31. The summed E-state index contributed by atoms with van der Waals surface area (Å²) in [6.07, 6.45) is 3.93. The van der Waals surface area contributed by atoms with E-state index in [4.69, 9.17) is 15.7 Å². The van der Waals surface area contributed by atoms with Gasteiger partial charge in [-0.3, -0.25) is 19.7 Å². The van der Waals surface area contributed by atoms with Crippen LogP contribution in [-0.2, 0) is 20.0 Å². The number of hydrogen-bond acceptors (Lipinski definition) is 7. The first kappa shape index (κ1) is 21.1. The first-order valence-corrected chi connectivity index (χ1v) is 11.6. The number of sulfone groups is 1. The Bertz CT molecular complexity index is 953. The van der Waals surface area contributed by atoms with Crippen LogP contribution in [0.15, 0.2) is 23.1 Å². The van der Waals surface area contributed by atoms with Crippen LogP contribution in [0.5, 0.6) is 0 Å². The SMILES string of the molecule is CS(=O)(=O)c1cc(C(=O)N(CS(=O)(=O)O)C(=N)N)ccc1N1CCCCC1. The average Bonchev–Trinajstić information content (AvgIpc) is 2.57. The van der Waals surface area contributed by atoms with Crippen molar-refractivity contribution in [1.29, 1.82) is 5.41 Å². The first-order chi connectivity index (χ1) is 12.4. The van der Waals surface area contributed by atoms with Crippen molar-refractivity contribution in [2.45, 2.75) is 24.2 Å². The van der Waals surface area contributed by atoms with Gasteiger partial charge in [-0.2, -0.15) is 8.42 Å². The van der Waals surface area contributed by atoms with Crippen LogP contribution < -0.4 is 10.6 Å². The average molecular weight is 418 g/mol. The van der Waals surface area contributed by atoms with Crippen molar-refractivity contribution in [3.05, 3.63) is 23.8 Å². The molecule has 0 unspecified atom stereocenters. The summed E-state index contributed by atoms with van der Waals surface area (Å²) >= 11 is 0. The molecule has 27 heavy (non-hydrogen) atoms. The second-order valence-corrected chi connectivity index (χ2v) is 9.74. The van der Waals surface area contributed by atoms with Crippen LogP contribution >= 0.6 is 0 Å². The van der Waals surface area contributed by atoms with Crippen molar-refractivity contribution < 1.29 is 26.2 Å². The zero-order valence-corrected chi connectivity index (χ0v) is 16.4. The van der Waals surface area contributed by atoms with Crippen molar-refractivity contribution in [2.24, 2.45) is 5.73 Å². The molecule has 4 N–H and O–H groups in total. The molecule has 0 atom stereocenters. The molecule has 0 spiro atoms. The van der Waals surface area contributed by atoms with E-state index in [1.54, 1.807) is 0 Å². The number of nitrogens with one attached hydrogen (secondary N) is 1. The van der Waals surface area contributed by atoms with Gasteiger partial charge in [0.25, 0.3) is 16.0 Å². The molecule has 0 bridgehead atoms. The van der Waals surface area contributed by atoms with Crippen molar-refractivity contribution in [2.75, 3.05) is 30.1 Å². The molecule has 1 aromatic rings. The normalized spacial score (nSPS) is 15.4. The maximum atomic E-state index is 12.6. The second-order valence-electron chi connectivity index (χ2n) is 6.33. The van der Waals surface area contributed by atoms with E-state index >= 15 is 0 Å². The molecule has 0 radical (unpaired) electrons. The summed E-state index contributed by atoms with van der Waals surface area (Å²) in [4.78, 5) is 14.8. The van der Waals surface area contributed by atoms with Gasteiger partial charge in [-0.25, -0.2) is 8.42 Å². The molecule has 1 heterocycles. The molecule has 0 saturated carbocycles. The second kappa shape index (κ2) is 7.82. The van der Waals surface area contributed by atoms with E-state index in [1.165, 1.54) is 12.1 Å². The number of benzene rings is 1. The van der Waals surface area contributed by atoms with Gasteiger partial charge in [0, 0.05) is 24.9 Å². The smallest absolute Gasteiger partial charge is 0.283 e. The quantitative estimate of drug-likeness (QED) is 0.348. The number of piperidine rings is 1. The lowest BCUT2D eigenvalue weighted by Gasteiger charge is -2.30. The van der Waals surface area contributed by atoms with Crippen molar-refractivity contribution >= 4 is 37.5 Å². The first-order valence-electron chi connectivity index (χ1n) is 8.10. The lowest BCUT2D eigenvalue weighted by molar-refractivity contribution is 0.0859. The molecule has 10 nitrogen and oxygen atoms in total. The van der Waals surface area contributed by atoms with Gasteiger partial charge in [0.15, 0.2) is 21.7 Å². The highest BCUT2D eigenvalue weighted by Crippen LogP contribution is 2.29. The van der Waals surface area contributed by atoms with Crippen LogP contribution in [0.2, 0.25) is 0 Å². The number of nitrogens with zero attached hydrogens (tertiary/aromatic N) is 2. The van der Waals surface area contributed by atoms with E-state index in [-0.39, 0.29) is 10.5 Å². The monoisotopic (exact) mass is 418 g/mol. The number of carbonyl (C=O) groups excluding carboxylic acids is 1. The number of rotatable bonds is 5. The molecule has 1 aliphatic rings. The van der Waals surface area contributed by atoms with Gasteiger partial charge in [0.2, 0.25) is 0 Å². The van der Waals surface area contributed by atoms with Gasteiger partial charge >= 0.3 is 0 Å². The third-order valence-corrected chi connectivity index (χ3v) is 5.84. The third-order valence-electron chi connectivity index (χ3n) is 4.13. The molecular weight excluding hydrogens is 396 g/mol. The largest absolute Gasteiger partial charge is 0.370 e. The number of amides is 1. The lowest BCUT2D eigenvalue weighted by atomic mass is 10.1. The highest BCUT2D eigenvalue weighted by atomic mass is 32.2. The zero-order valence-electron chi connectivity index (χ0n) is 14.8. The zero-order chi connectivity index (χ0) is 20.4. The predicted octanol–water partition coefficient (Wildman–Crippen LogP) is 0.261. The van der Waals surface area contributed by atoms with Crippen LogP contribution in [0.25, 0.3) is 0 Å². The molecule has 150 valence electrons. The van der Waals surface area contributed by atoms with Gasteiger partial charge in [-0.15, -0.1) is 0 Å². The van der Waals surface area contributed by atoms with E-state index in [2.05, 4.69) is 0 Å². The minimum Gasteiger partial charge on any atom is -0.370 e. The maximum absolute atomic E-state index is 12.6. The summed E-state index contributed by atoms with van der Waals surface area (Å²) in [5.74, 6) is -3.10. The van der Waals surface area contributed by atoms with Crippen molar-refractivity contribution in [3.8, 4) is 0 Å². The van der Waals surface area contributed by atoms with Gasteiger partial charge in [0.1, 0.15) is 0 Å². The fourth-order valence-electron chi connectivity index (χ4n) is 2.90. The van der Waals surface area contributed by atoms with Crippen LogP contribution in [0.1, 0.15) is 29.6 Å². The Morgan fingerprint density at radius 1 is 1.22 bits per heavy atom.